The lowest BCUT2D eigenvalue weighted by Gasteiger charge is -2.14. The molecule has 2 aromatic carbocycles. The van der Waals surface area contributed by atoms with Crippen molar-refractivity contribution < 1.29 is 19.1 Å². The Bertz CT molecular complexity index is 840. The molecule has 0 saturated heterocycles. The maximum Gasteiger partial charge on any atom is 0.339 e. The van der Waals surface area contributed by atoms with Crippen LogP contribution in [0, 0.1) is 18.3 Å². The monoisotopic (exact) mass is 338 g/mol. The zero-order valence-electron chi connectivity index (χ0n) is 14.2. The van der Waals surface area contributed by atoms with Gasteiger partial charge in [0.2, 0.25) is 0 Å². The third-order valence-electron chi connectivity index (χ3n) is 3.56. The Hall–Kier alpha value is -3.33. The highest BCUT2D eigenvalue weighted by molar-refractivity contribution is 5.97. The molecule has 0 fully saturated rings. The summed E-state index contributed by atoms with van der Waals surface area (Å²) >= 11 is 0. The molecule has 0 aliphatic rings. The summed E-state index contributed by atoms with van der Waals surface area (Å²) in [5.74, 6) is -0.533. The van der Waals surface area contributed by atoms with Crippen molar-refractivity contribution in [1.29, 1.82) is 5.26 Å². The highest BCUT2D eigenvalue weighted by Crippen LogP contribution is 2.20. The summed E-state index contributed by atoms with van der Waals surface area (Å²) < 4.78 is 10.4. The molecule has 0 heterocycles. The summed E-state index contributed by atoms with van der Waals surface area (Å²) in [6.07, 6.45) is -0.995. The Morgan fingerprint density at radius 3 is 2.64 bits per heavy atom. The van der Waals surface area contributed by atoms with Crippen LogP contribution in [0.4, 0.5) is 5.69 Å². The van der Waals surface area contributed by atoms with Gasteiger partial charge in [-0.3, -0.25) is 4.79 Å². The Balaban J connectivity index is 2.03. The first-order valence-electron chi connectivity index (χ1n) is 7.61. The van der Waals surface area contributed by atoms with E-state index in [2.05, 4.69) is 5.32 Å². The second-order valence-electron chi connectivity index (χ2n) is 5.41. The maximum absolute atomic E-state index is 12.2. The van der Waals surface area contributed by atoms with Gasteiger partial charge in [-0.15, -0.1) is 0 Å². The van der Waals surface area contributed by atoms with Crippen molar-refractivity contribution in [3.63, 3.8) is 0 Å². The van der Waals surface area contributed by atoms with Crippen LogP contribution < -0.4 is 10.1 Å². The molecule has 2 aromatic rings. The van der Waals surface area contributed by atoms with Crippen LogP contribution in [0.5, 0.6) is 5.75 Å². The second kappa shape index (κ2) is 7.97. The van der Waals surface area contributed by atoms with E-state index >= 15 is 0 Å². The van der Waals surface area contributed by atoms with E-state index in [1.54, 1.807) is 36.4 Å². The summed E-state index contributed by atoms with van der Waals surface area (Å²) in [5, 5.41) is 11.5. The Morgan fingerprint density at radius 2 is 1.96 bits per heavy atom. The van der Waals surface area contributed by atoms with Crippen molar-refractivity contribution in [3.8, 4) is 11.8 Å². The minimum Gasteiger partial charge on any atom is -0.496 e. The minimum absolute atomic E-state index is 0.300. The largest absolute Gasteiger partial charge is 0.496 e. The second-order valence-corrected chi connectivity index (χ2v) is 5.41. The fourth-order valence-electron chi connectivity index (χ4n) is 2.14. The van der Waals surface area contributed by atoms with E-state index in [1.165, 1.54) is 20.1 Å². The van der Waals surface area contributed by atoms with Crippen LogP contribution in [0.1, 0.15) is 28.4 Å². The fourth-order valence-corrected chi connectivity index (χ4v) is 2.14. The SMILES string of the molecule is COc1cc(C(=O)O[C@H](C)C(=O)Nc2cccc(C#N)c2)ccc1C. The summed E-state index contributed by atoms with van der Waals surface area (Å²) in [5.41, 5.74) is 2.08. The van der Waals surface area contributed by atoms with Crippen LogP contribution in [-0.4, -0.2) is 25.1 Å². The molecule has 0 aliphatic heterocycles. The highest BCUT2D eigenvalue weighted by Gasteiger charge is 2.20. The first-order valence-corrected chi connectivity index (χ1v) is 7.61. The van der Waals surface area contributed by atoms with Crippen molar-refractivity contribution in [1.82, 2.24) is 0 Å². The molecular formula is C19H18N2O4. The fraction of sp³-hybridized carbons (Fsp3) is 0.211. The normalized spacial score (nSPS) is 11.1. The van der Waals surface area contributed by atoms with Gasteiger partial charge in [0.05, 0.1) is 24.3 Å². The van der Waals surface area contributed by atoms with Crippen LogP contribution in [0.2, 0.25) is 0 Å². The quantitative estimate of drug-likeness (QED) is 0.847. The molecule has 1 amide bonds. The van der Waals surface area contributed by atoms with E-state index in [1.807, 2.05) is 13.0 Å². The molecule has 0 bridgehead atoms. The molecule has 6 heteroatoms. The third kappa shape index (κ3) is 4.58. The number of esters is 1. The number of hydrogen-bond donors (Lipinski definition) is 1. The van der Waals surface area contributed by atoms with Crippen LogP contribution in [-0.2, 0) is 9.53 Å². The van der Waals surface area contributed by atoms with Gasteiger partial charge in [-0.25, -0.2) is 4.79 Å². The Kier molecular flexibility index (Phi) is 5.75. The molecule has 0 spiro atoms. The van der Waals surface area contributed by atoms with Crippen molar-refractivity contribution in [3.05, 3.63) is 59.2 Å². The Labute approximate surface area is 146 Å². The van der Waals surface area contributed by atoms with Gasteiger partial charge in [-0.1, -0.05) is 12.1 Å². The van der Waals surface area contributed by atoms with Gasteiger partial charge in [0.1, 0.15) is 5.75 Å². The number of rotatable bonds is 5. The molecule has 128 valence electrons. The van der Waals surface area contributed by atoms with Crippen molar-refractivity contribution >= 4 is 17.6 Å². The lowest BCUT2D eigenvalue weighted by atomic mass is 10.1. The van der Waals surface area contributed by atoms with E-state index in [9.17, 15) is 9.59 Å². The van der Waals surface area contributed by atoms with E-state index in [-0.39, 0.29) is 0 Å². The zero-order chi connectivity index (χ0) is 18.4. The summed E-state index contributed by atoms with van der Waals surface area (Å²) in [6.45, 7) is 3.34. The molecule has 1 N–H and O–H groups in total. The molecule has 2 rings (SSSR count). The molecule has 0 radical (unpaired) electrons. The summed E-state index contributed by atoms with van der Waals surface area (Å²) in [7, 11) is 1.52. The predicted molar refractivity (Wildman–Crippen MR) is 92.4 cm³/mol. The van der Waals surface area contributed by atoms with Gasteiger partial charge in [-0.05, 0) is 49.7 Å². The van der Waals surface area contributed by atoms with Gasteiger partial charge < -0.3 is 14.8 Å². The average Bonchev–Trinajstić information content (AvgIpc) is 2.62. The zero-order valence-corrected chi connectivity index (χ0v) is 14.2. The molecule has 0 aliphatic carbocycles. The van der Waals surface area contributed by atoms with Crippen molar-refractivity contribution in [2.75, 3.05) is 12.4 Å². The van der Waals surface area contributed by atoms with E-state index in [0.717, 1.165) is 5.56 Å². The Morgan fingerprint density at radius 1 is 1.20 bits per heavy atom. The van der Waals surface area contributed by atoms with Gasteiger partial charge in [0.15, 0.2) is 6.10 Å². The number of amides is 1. The molecule has 6 nitrogen and oxygen atoms in total. The number of hydrogen-bond acceptors (Lipinski definition) is 5. The first-order chi connectivity index (χ1) is 11.9. The molecule has 25 heavy (non-hydrogen) atoms. The smallest absolute Gasteiger partial charge is 0.339 e. The highest BCUT2D eigenvalue weighted by atomic mass is 16.5. The van der Waals surface area contributed by atoms with E-state index < -0.39 is 18.0 Å². The summed E-state index contributed by atoms with van der Waals surface area (Å²) in [4.78, 5) is 24.4. The predicted octanol–water partition coefficient (Wildman–Crippen LogP) is 3.06. The molecule has 0 saturated carbocycles. The number of ether oxygens (including phenoxy) is 2. The van der Waals surface area contributed by atoms with Crippen LogP contribution >= 0.6 is 0 Å². The lowest BCUT2D eigenvalue weighted by Crippen LogP contribution is -2.30. The molecular weight excluding hydrogens is 320 g/mol. The minimum atomic E-state index is -0.995. The molecule has 1 atom stereocenters. The number of methoxy groups -OCH3 is 1. The number of nitrogens with zero attached hydrogens (tertiary/aromatic N) is 1. The number of nitriles is 1. The van der Waals surface area contributed by atoms with Crippen LogP contribution in [0.25, 0.3) is 0 Å². The van der Waals surface area contributed by atoms with Crippen LogP contribution in [0.3, 0.4) is 0 Å². The number of carbonyl (C=O) groups is 2. The van der Waals surface area contributed by atoms with Crippen LogP contribution in [0.15, 0.2) is 42.5 Å². The maximum atomic E-state index is 12.2. The van der Waals surface area contributed by atoms with E-state index in [0.29, 0.717) is 22.6 Å². The van der Waals surface area contributed by atoms with Gasteiger partial charge in [0.25, 0.3) is 5.91 Å². The topological polar surface area (TPSA) is 88.4 Å². The van der Waals surface area contributed by atoms with Crippen molar-refractivity contribution in [2.45, 2.75) is 20.0 Å². The number of aryl methyl sites for hydroxylation is 1. The summed E-state index contributed by atoms with van der Waals surface area (Å²) in [6, 6.07) is 13.4. The van der Waals surface area contributed by atoms with Crippen molar-refractivity contribution in [2.24, 2.45) is 0 Å². The number of carbonyl (C=O) groups excluding carboxylic acids is 2. The molecule has 0 unspecified atom stereocenters. The van der Waals surface area contributed by atoms with E-state index in [4.69, 9.17) is 14.7 Å². The third-order valence-corrected chi connectivity index (χ3v) is 3.56. The van der Waals surface area contributed by atoms with Gasteiger partial charge in [-0.2, -0.15) is 5.26 Å². The molecule has 0 aromatic heterocycles. The van der Waals surface area contributed by atoms with Gasteiger partial charge >= 0.3 is 5.97 Å². The standard InChI is InChI=1S/C19H18N2O4/c1-12-7-8-15(10-17(12)24-3)19(23)25-13(2)18(22)21-16-6-4-5-14(9-16)11-20/h4-10,13H,1-3H3,(H,21,22)/t13-/m1/s1. The number of anilines is 1. The average molecular weight is 338 g/mol. The lowest BCUT2D eigenvalue weighted by molar-refractivity contribution is -0.123. The van der Waals surface area contributed by atoms with Gasteiger partial charge in [0, 0.05) is 5.69 Å². The first kappa shape index (κ1) is 18.0. The number of nitrogens with one attached hydrogen (secondary N) is 1. The number of benzene rings is 2.